The van der Waals surface area contributed by atoms with Gasteiger partial charge in [0.2, 0.25) is 0 Å². The first-order valence-electron chi connectivity index (χ1n) is 12.0. The number of benzene rings is 2. The molecule has 0 spiro atoms. The summed E-state index contributed by atoms with van der Waals surface area (Å²) >= 11 is 0. The summed E-state index contributed by atoms with van der Waals surface area (Å²) in [6, 6.07) is 5.52. The Morgan fingerprint density at radius 2 is 1.54 bits per heavy atom. The van der Waals surface area contributed by atoms with Gasteiger partial charge in [-0.3, -0.25) is 0 Å². The van der Waals surface area contributed by atoms with Crippen molar-refractivity contribution >= 4 is 12.4 Å². The summed E-state index contributed by atoms with van der Waals surface area (Å²) in [7, 11) is 0. The lowest BCUT2D eigenvalue weighted by molar-refractivity contribution is -0.143. The van der Waals surface area contributed by atoms with Gasteiger partial charge in [0.1, 0.15) is 17.7 Å². The number of hydrogen-bond acceptors (Lipinski definition) is 4. The highest BCUT2D eigenvalue weighted by Crippen LogP contribution is 2.42. The van der Waals surface area contributed by atoms with Gasteiger partial charge in [0, 0.05) is 12.3 Å². The fourth-order valence-corrected chi connectivity index (χ4v) is 4.59. The van der Waals surface area contributed by atoms with Gasteiger partial charge in [-0.1, -0.05) is 12.1 Å². The van der Waals surface area contributed by atoms with Crippen LogP contribution in [0.3, 0.4) is 0 Å². The Morgan fingerprint density at radius 3 is 2.00 bits per heavy atom. The second kappa shape index (κ2) is 11.1. The number of aldehydes is 1. The van der Waals surface area contributed by atoms with Crippen LogP contribution in [-0.2, 0) is 26.6 Å². The summed E-state index contributed by atoms with van der Waals surface area (Å²) in [5.41, 5.74) is -3.78. The van der Waals surface area contributed by atoms with E-state index in [9.17, 15) is 40.3 Å². The zero-order chi connectivity index (χ0) is 29.3. The van der Waals surface area contributed by atoms with Crippen molar-refractivity contribution in [3.05, 3.63) is 70.5 Å². The molecule has 5 nitrogen and oxygen atoms in total. The van der Waals surface area contributed by atoms with Crippen LogP contribution >= 0.6 is 0 Å². The van der Waals surface area contributed by atoms with Gasteiger partial charge in [-0.05, 0) is 69.2 Å². The van der Waals surface area contributed by atoms with E-state index in [0.717, 1.165) is 12.1 Å². The summed E-state index contributed by atoms with van der Waals surface area (Å²) in [6.45, 7) is 6.02. The van der Waals surface area contributed by atoms with Crippen molar-refractivity contribution in [2.24, 2.45) is 0 Å². The lowest BCUT2D eigenvalue weighted by Crippen LogP contribution is -2.41. The summed E-state index contributed by atoms with van der Waals surface area (Å²) < 4.78 is 106. The molecule has 0 unspecified atom stereocenters. The molecule has 12 heteroatoms. The molecule has 0 aromatic heterocycles. The molecule has 3 rings (SSSR count). The number of carbonyl (C=O) groups is 2. The highest BCUT2D eigenvalue weighted by atomic mass is 19.4. The minimum absolute atomic E-state index is 0.0253. The Labute approximate surface area is 220 Å². The van der Waals surface area contributed by atoms with Crippen LogP contribution in [0.5, 0.6) is 0 Å². The molecule has 0 N–H and O–H groups in total. The number of likely N-dealkylation sites (tertiary alicyclic amines) is 1. The van der Waals surface area contributed by atoms with E-state index in [2.05, 4.69) is 0 Å². The first-order valence-corrected chi connectivity index (χ1v) is 12.0. The zero-order valence-electron chi connectivity index (χ0n) is 21.6. The van der Waals surface area contributed by atoms with E-state index < -0.39 is 65.2 Å². The maximum Gasteiger partial charge on any atom is 0.416 e. The lowest BCUT2D eigenvalue weighted by atomic mass is 9.88. The van der Waals surface area contributed by atoms with Crippen molar-refractivity contribution in [1.29, 1.82) is 0 Å². The molecule has 39 heavy (non-hydrogen) atoms. The smallest absolute Gasteiger partial charge is 0.416 e. The van der Waals surface area contributed by atoms with Crippen molar-refractivity contribution in [3.8, 4) is 0 Å². The molecule has 0 aliphatic carbocycles. The summed E-state index contributed by atoms with van der Waals surface area (Å²) in [4.78, 5) is 25.8. The first kappa shape index (κ1) is 30.4. The number of carbonyl (C=O) groups excluding carboxylic acids is 2. The second-order valence-corrected chi connectivity index (χ2v) is 10.3. The maximum absolute atomic E-state index is 13.7. The van der Waals surface area contributed by atoms with Gasteiger partial charge in [-0.2, -0.15) is 26.3 Å². The topological polar surface area (TPSA) is 55.8 Å². The standard InChI is InChI=1S/C27H28F7NO4/c1-15(17-11-18(26(29,30)31)13-19(12-17)27(32,33)34)38-22-14-35(24(37)39-25(2,3)4)21(9-10-36)23(22)16-5-7-20(28)8-6-16/h5-8,10-13,15,21-23H,9,14H2,1-4H3/t15-,21+,22+,23+/m1/s1. The van der Waals surface area contributed by atoms with Crippen molar-refractivity contribution in [1.82, 2.24) is 4.90 Å². The first-order chi connectivity index (χ1) is 17.9. The van der Waals surface area contributed by atoms with Gasteiger partial charge < -0.3 is 19.2 Å². The average Bonchev–Trinajstić information content (AvgIpc) is 3.15. The average molecular weight is 564 g/mol. The molecule has 4 atom stereocenters. The zero-order valence-corrected chi connectivity index (χ0v) is 21.6. The third-order valence-corrected chi connectivity index (χ3v) is 6.27. The molecule has 1 aliphatic rings. The molecule has 2 aromatic carbocycles. The molecule has 1 amide bonds. The molecule has 1 heterocycles. The van der Waals surface area contributed by atoms with Crippen molar-refractivity contribution in [2.75, 3.05) is 6.54 Å². The molecular weight excluding hydrogens is 535 g/mol. The van der Waals surface area contributed by atoms with Crippen LogP contribution in [0.1, 0.15) is 68.4 Å². The van der Waals surface area contributed by atoms with Gasteiger partial charge >= 0.3 is 18.4 Å². The third-order valence-electron chi connectivity index (χ3n) is 6.27. The molecular formula is C27H28F7NO4. The van der Waals surface area contributed by atoms with E-state index in [4.69, 9.17) is 9.47 Å². The summed E-state index contributed by atoms with van der Waals surface area (Å²) in [5.74, 6) is -1.32. The van der Waals surface area contributed by atoms with Crippen LogP contribution in [0.2, 0.25) is 0 Å². The van der Waals surface area contributed by atoms with Gasteiger partial charge in [0.05, 0.1) is 35.9 Å². The van der Waals surface area contributed by atoms with Crippen molar-refractivity contribution < 1.29 is 49.8 Å². The van der Waals surface area contributed by atoms with E-state index in [1.54, 1.807) is 20.8 Å². The molecule has 0 radical (unpaired) electrons. The van der Waals surface area contributed by atoms with Crippen LogP contribution in [0.15, 0.2) is 42.5 Å². The minimum Gasteiger partial charge on any atom is -0.444 e. The van der Waals surface area contributed by atoms with E-state index in [-0.39, 0.29) is 24.6 Å². The largest absolute Gasteiger partial charge is 0.444 e. The van der Waals surface area contributed by atoms with Crippen molar-refractivity contribution in [3.63, 3.8) is 0 Å². The highest BCUT2D eigenvalue weighted by molar-refractivity contribution is 5.70. The molecule has 1 aliphatic heterocycles. The number of halogens is 7. The number of amides is 1. The minimum atomic E-state index is -5.04. The Kier molecular flexibility index (Phi) is 8.69. The Morgan fingerprint density at radius 1 is 1.00 bits per heavy atom. The van der Waals surface area contributed by atoms with Gasteiger partial charge in [0.25, 0.3) is 0 Å². The Balaban J connectivity index is 2.03. The number of rotatable bonds is 6. The van der Waals surface area contributed by atoms with Gasteiger partial charge in [-0.15, -0.1) is 0 Å². The SMILES string of the molecule is C[C@@H](O[C@H]1CN(C(=O)OC(C)(C)C)[C@@H](CC=O)[C@@H]1c1ccc(F)cc1)c1cc(C(F)(F)F)cc(C(F)(F)F)c1. The number of hydrogen-bond donors (Lipinski definition) is 0. The van der Waals surface area contributed by atoms with E-state index in [1.807, 2.05) is 0 Å². The predicted molar refractivity (Wildman–Crippen MR) is 126 cm³/mol. The van der Waals surface area contributed by atoms with Crippen LogP contribution < -0.4 is 0 Å². The van der Waals surface area contributed by atoms with Crippen molar-refractivity contribution in [2.45, 2.75) is 76.2 Å². The Bertz CT molecular complexity index is 1140. The molecule has 1 fully saturated rings. The van der Waals surface area contributed by atoms with Gasteiger partial charge in [0.15, 0.2) is 0 Å². The van der Waals surface area contributed by atoms with Crippen LogP contribution in [0.25, 0.3) is 0 Å². The normalized spacial score (nSPS) is 21.1. The molecule has 214 valence electrons. The number of alkyl halides is 6. The van der Waals surface area contributed by atoms with E-state index in [0.29, 0.717) is 24.0 Å². The highest BCUT2D eigenvalue weighted by Gasteiger charge is 2.47. The predicted octanol–water partition coefficient (Wildman–Crippen LogP) is 7.30. The van der Waals surface area contributed by atoms with Crippen LogP contribution in [-0.4, -0.2) is 41.6 Å². The van der Waals surface area contributed by atoms with Crippen LogP contribution in [0.4, 0.5) is 35.5 Å². The maximum atomic E-state index is 13.7. The molecule has 2 aromatic rings. The van der Waals surface area contributed by atoms with E-state index >= 15 is 0 Å². The fourth-order valence-electron chi connectivity index (χ4n) is 4.59. The van der Waals surface area contributed by atoms with E-state index in [1.165, 1.54) is 24.0 Å². The number of ether oxygens (including phenoxy) is 2. The van der Waals surface area contributed by atoms with Gasteiger partial charge in [-0.25, -0.2) is 9.18 Å². The summed E-state index contributed by atoms with van der Waals surface area (Å²) in [5, 5.41) is 0. The monoisotopic (exact) mass is 563 g/mol. The molecule has 0 bridgehead atoms. The Hall–Kier alpha value is -3.15. The quantitative estimate of drug-likeness (QED) is 0.273. The van der Waals surface area contributed by atoms with Crippen LogP contribution in [0, 0.1) is 5.82 Å². The third kappa shape index (κ3) is 7.49. The fraction of sp³-hybridized carbons (Fsp3) is 0.481. The lowest BCUT2D eigenvalue weighted by Gasteiger charge is -2.30. The summed E-state index contributed by atoms with van der Waals surface area (Å²) in [6.07, 6.45) is -12.7. The molecule has 0 saturated carbocycles. The number of nitrogens with zero attached hydrogens (tertiary/aromatic N) is 1. The second-order valence-electron chi connectivity index (χ2n) is 10.3. The molecule has 1 saturated heterocycles.